The molecule has 1 aromatic heterocycles. The Morgan fingerprint density at radius 1 is 1.47 bits per heavy atom. The van der Waals surface area contributed by atoms with E-state index >= 15 is 0 Å². The highest BCUT2D eigenvalue weighted by Gasteiger charge is 2.43. The minimum atomic E-state index is -0.387. The molecular weight excluding hydrogens is 307 g/mol. The Kier molecular flexibility index (Phi) is 4.31. The smallest absolute Gasteiger partial charge is 0.183 e. The fraction of sp³-hybridized carbons (Fsp3) is 0.750. The van der Waals surface area contributed by atoms with Crippen LogP contribution in [0, 0.1) is 0 Å². The summed E-state index contributed by atoms with van der Waals surface area (Å²) in [5.41, 5.74) is 0. The van der Waals surface area contributed by atoms with Gasteiger partial charge in [-0.25, -0.2) is 4.98 Å². The van der Waals surface area contributed by atoms with Gasteiger partial charge < -0.3 is 9.47 Å². The Morgan fingerprint density at radius 3 is 2.84 bits per heavy atom. The minimum absolute atomic E-state index is 0.0496. The quantitative estimate of drug-likeness (QED) is 0.801. The molecule has 4 nitrogen and oxygen atoms in total. The van der Waals surface area contributed by atoms with Crippen LogP contribution in [0.3, 0.4) is 0 Å². The Labute approximate surface area is 126 Å². The number of alkyl halides is 1. The summed E-state index contributed by atoms with van der Waals surface area (Å²) < 4.78 is 12.4. The van der Waals surface area contributed by atoms with Gasteiger partial charge in [-0.05, 0) is 0 Å². The molecule has 106 valence electrons. The van der Waals surface area contributed by atoms with Crippen molar-refractivity contribution in [1.29, 1.82) is 0 Å². The van der Waals surface area contributed by atoms with E-state index in [1.807, 2.05) is 6.20 Å². The lowest BCUT2D eigenvalue weighted by Crippen LogP contribution is -2.45. The zero-order chi connectivity index (χ0) is 13.3. The second-order valence-corrected chi connectivity index (χ2v) is 6.98. The average Bonchev–Trinajstić information content (AvgIpc) is 3.00. The van der Waals surface area contributed by atoms with E-state index in [1.54, 1.807) is 11.3 Å². The summed E-state index contributed by atoms with van der Waals surface area (Å²) in [6, 6.07) is 0. The van der Waals surface area contributed by atoms with Gasteiger partial charge in [-0.1, -0.05) is 11.6 Å². The summed E-state index contributed by atoms with van der Waals surface area (Å²) in [6.07, 6.45) is 3.69. The third kappa shape index (κ3) is 3.23. The minimum Gasteiger partial charge on any atom is -0.347 e. The molecule has 1 unspecified atom stereocenters. The van der Waals surface area contributed by atoms with Gasteiger partial charge in [-0.15, -0.1) is 22.9 Å². The first-order valence-corrected chi connectivity index (χ1v) is 8.12. The maximum absolute atomic E-state index is 5.93. The van der Waals surface area contributed by atoms with Crippen molar-refractivity contribution in [3.63, 3.8) is 0 Å². The van der Waals surface area contributed by atoms with Gasteiger partial charge in [0, 0.05) is 43.5 Å². The van der Waals surface area contributed by atoms with Crippen molar-refractivity contribution in [2.24, 2.45) is 0 Å². The Hall–Kier alpha value is 0.0900. The van der Waals surface area contributed by atoms with Crippen LogP contribution in [-0.4, -0.2) is 47.4 Å². The summed E-state index contributed by atoms with van der Waals surface area (Å²) in [6.45, 7) is 3.45. The summed E-state index contributed by atoms with van der Waals surface area (Å²) in [5.74, 6) is 0.117. The van der Waals surface area contributed by atoms with E-state index in [1.165, 1.54) is 4.88 Å². The molecule has 7 heteroatoms. The van der Waals surface area contributed by atoms with Crippen LogP contribution in [0.5, 0.6) is 0 Å². The summed E-state index contributed by atoms with van der Waals surface area (Å²) >= 11 is 13.2. The molecule has 2 aliphatic rings. The SMILES string of the molecule is ClCC1COC2(CCN(Cc3cnc(Cl)s3)CC2)O1. The van der Waals surface area contributed by atoms with E-state index in [-0.39, 0.29) is 11.9 Å². The summed E-state index contributed by atoms with van der Waals surface area (Å²) in [7, 11) is 0. The van der Waals surface area contributed by atoms with Gasteiger partial charge in [0.25, 0.3) is 0 Å². The first kappa shape index (κ1) is 14.0. The first-order valence-electron chi connectivity index (χ1n) is 6.39. The second kappa shape index (κ2) is 5.84. The van der Waals surface area contributed by atoms with Crippen LogP contribution < -0.4 is 0 Å². The lowest BCUT2D eigenvalue weighted by Gasteiger charge is -2.37. The monoisotopic (exact) mass is 322 g/mol. The van der Waals surface area contributed by atoms with Crippen LogP contribution in [0.25, 0.3) is 0 Å². The molecule has 0 amide bonds. The van der Waals surface area contributed by atoms with Crippen LogP contribution >= 0.6 is 34.5 Å². The molecule has 2 aliphatic heterocycles. The number of nitrogens with zero attached hydrogens (tertiary/aromatic N) is 2. The lowest BCUT2D eigenvalue weighted by molar-refractivity contribution is -0.193. The molecule has 0 saturated carbocycles. The van der Waals surface area contributed by atoms with Gasteiger partial charge in [0.05, 0.1) is 18.6 Å². The molecule has 1 atom stereocenters. The molecule has 2 saturated heterocycles. The highest BCUT2D eigenvalue weighted by atomic mass is 35.5. The number of piperidine rings is 1. The predicted octanol–water partition coefficient (Wildman–Crippen LogP) is 2.74. The van der Waals surface area contributed by atoms with E-state index in [4.69, 9.17) is 32.7 Å². The molecule has 1 aromatic rings. The summed E-state index contributed by atoms with van der Waals surface area (Å²) in [5, 5.41) is 0. The number of likely N-dealkylation sites (tertiary alicyclic amines) is 1. The van der Waals surface area contributed by atoms with Gasteiger partial charge in [-0.2, -0.15) is 0 Å². The number of ether oxygens (including phenoxy) is 2. The normalized spacial score (nSPS) is 27.2. The molecule has 1 spiro atoms. The molecule has 0 aliphatic carbocycles. The number of hydrogen-bond donors (Lipinski definition) is 0. The number of thiazole rings is 1. The van der Waals surface area contributed by atoms with E-state index < -0.39 is 0 Å². The van der Waals surface area contributed by atoms with Crippen molar-refractivity contribution in [2.75, 3.05) is 25.6 Å². The molecule has 3 heterocycles. The zero-order valence-corrected chi connectivity index (χ0v) is 12.8. The number of hydrogen-bond acceptors (Lipinski definition) is 5. The largest absolute Gasteiger partial charge is 0.347 e. The molecule has 19 heavy (non-hydrogen) atoms. The van der Waals surface area contributed by atoms with Crippen molar-refractivity contribution in [1.82, 2.24) is 9.88 Å². The van der Waals surface area contributed by atoms with E-state index in [2.05, 4.69) is 9.88 Å². The molecule has 3 rings (SSSR count). The molecule has 2 fully saturated rings. The molecule has 0 aromatic carbocycles. The van der Waals surface area contributed by atoms with E-state index in [9.17, 15) is 0 Å². The predicted molar refractivity (Wildman–Crippen MR) is 75.9 cm³/mol. The Morgan fingerprint density at radius 2 is 2.26 bits per heavy atom. The molecule has 0 bridgehead atoms. The fourth-order valence-corrected chi connectivity index (χ4v) is 3.76. The van der Waals surface area contributed by atoms with Crippen LogP contribution in [0.1, 0.15) is 17.7 Å². The zero-order valence-electron chi connectivity index (χ0n) is 10.5. The Bertz CT molecular complexity index is 435. The Balaban J connectivity index is 1.52. The average molecular weight is 323 g/mol. The maximum Gasteiger partial charge on any atom is 0.183 e. The molecule has 0 radical (unpaired) electrons. The van der Waals surface area contributed by atoms with E-state index in [0.717, 1.165) is 32.5 Å². The van der Waals surface area contributed by atoms with Crippen molar-refractivity contribution in [3.8, 4) is 0 Å². The van der Waals surface area contributed by atoms with Crippen LogP contribution in [0.4, 0.5) is 0 Å². The molecular formula is C12H16Cl2N2O2S. The van der Waals surface area contributed by atoms with Crippen LogP contribution in [0.15, 0.2) is 6.20 Å². The summed E-state index contributed by atoms with van der Waals surface area (Å²) in [4.78, 5) is 7.65. The first-order chi connectivity index (χ1) is 9.19. The number of aromatic nitrogens is 1. The van der Waals surface area contributed by atoms with Gasteiger partial charge in [0.1, 0.15) is 0 Å². The van der Waals surface area contributed by atoms with Gasteiger partial charge in [0.2, 0.25) is 0 Å². The van der Waals surface area contributed by atoms with Crippen molar-refractivity contribution in [3.05, 3.63) is 15.5 Å². The van der Waals surface area contributed by atoms with Gasteiger partial charge in [0.15, 0.2) is 10.3 Å². The van der Waals surface area contributed by atoms with Crippen LogP contribution in [0.2, 0.25) is 4.47 Å². The second-order valence-electron chi connectivity index (χ2n) is 4.97. The molecule has 0 N–H and O–H groups in total. The van der Waals surface area contributed by atoms with Crippen molar-refractivity contribution >= 4 is 34.5 Å². The van der Waals surface area contributed by atoms with Gasteiger partial charge >= 0.3 is 0 Å². The van der Waals surface area contributed by atoms with Gasteiger partial charge in [-0.3, -0.25) is 4.90 Å². The number of halogens is 2. The highest BCUT2D eigenvalue weighted by molar-refractivity contribution is 7.15. The third-order valence-electron chi connectivity index (χ3n) is 3.61. The van der Waals surface area contributed by atoms with Crippen molar-refractivity contribution < 1.29 is 9.47 Å². The standard InChI is InChI=1S/C12H16Cl2N2O2S/c13-5-9-8-17-12(18-9)1-3-16(4-2-12)7-10-6-15-11(14)19-10/h6,9H,1-5,7-8H2. The maximum atomic E-state index is 5.93. The van der Waals surface area contributed by atoms with E-state index in [0.29, 0.717) is 17.0 Å². The lowest BCUT2D eigenvalue weighted by atomic mass is 10.0. The topological polar surface area (TPSA) is 34.6 Å². The third-order valence-corrected chi connectivity index (χ3v) is 5.05. The highest BCUT2D eigenvalue weighted by Crippen LogP contribution is 2.35. The van der Waals surface area contributed by atoms with Crippen molar-refractivity contribution in [2.45, 2.75) is 31.3 Å². The van der Waals surface area contributed by atoms with Crippen LogP contribution in [-0.2, 0) is 16.0 Å². The number of rotatable bonds is 3. The fourth-order valence-electron chi connectivity index (χ4n) is 2.58.